The smallest absolute Gasteiger partial charge is 0.316 e. The Bertz CT molecular complexity index is 654. The molecule has 5 nitrogen and oxygen atoms in total. The number of ether oxygens (including phenoxy) is 1. The quantitative estimate of drug-likeness (QED) is 0.788. The Balaban J connectivity index is 2.04. The first-order valence-electron chi connectivity index (χ1n) is 6.48. The number of rotatable bonds is 2. The van der Waals surface area contributed by atoms with Crippen LogP contribution in [0.2, 0.25) is 0 Å². The minimum Gasteiger partial charge on any atom is -0.468 e. The maximum absolute atomic E-state index is 13.8. The molecule has 1 aromatic carbocycles. The van der Waals surface area contributed by atoms with Crippen molar-refractivity contribution in [2.24, 2.45) is 0 Å². The second-order valence-corrected chi connectivity index (χ2v) is 4.71. The van der Waals surface area contributed by atoms with E-state index >= 15 is 0 Å². The first-order chi connectivity index (χ1) is 9.70. The van der Waals surface area contributed by atoms with E-state index in [1.165, 1.54) is 13.2 Å². The molecule has 0 bridgehead atoms. The Kier molecular flexibility index (Phi) is 3.22. The van der Waals surface area contributed by atoms with E-state index < -0.39 is 5.92 Å². The maximum atomic E-state index is 13.8. The molecule has 20 heavy (non-hydrogen) atoms. The molecule has 6 heteroatoms. The van der Waals surface area contributed by atoms with Crippen LogP contribution < -0.4 is 0 Å². The molecule has 2 heterocycles. The third kappa shape index (κ3) is 2.07. The van der Waals surface area contributed by atoms with Gasteiger partial charge in [0.05, 0.1) is 12.7 Å². The summed E-state index contributed by atoms with van der Waals surface area (Å²) < 4.78 is 20.2. The molecule has 0 amide bonds. The fourth-order valence-electron chi connectivity index (χ4n) is 2.47. The molecule has 1 aliphatic rings. The SMILES string of the molecule is COC(=O)C1CCCn2nc(-c3ccccc3F)nc21. The van der Waals surface area contributed by atoms with Crippen molar-refractivity contribution in [2.45, 2.75) is 25.3 Å². The van der Waals surface area contributed by atoms with Crippen molar-refractivity contribution >= 4 is 5.97 Å². The normalized spacial score (nSPS) is 17.6. The molecule has 0 aliphatic carbocycles. The highest BCUT2D eigenvalue weighted by Gasteiger charge is 2.31. The van der Waals surface area contributed by atoms with Gasteiger partial charge in [0.25, 0.3) is 0 Å². The molecule has 0 saturated heterocycles. The minimum absolute atomic E-state index is 0.314. The summed E-state index contributed by atoms with van der Waals surface area (Å²) >= 11 is 0. The third-order valence-corrected chi connectivity index (χ3v) is 3.48. The lowest BCUT2D eigenvalue weighted by atomic mass is 9.99. The number of hydrogen-bond donors (Lipinski definition) is 0. The van der Waals surface area contributed by atoms with Crippen LogP contribution in [-0.4, -0.2) is 27.8 Å². The van der Waals surface area contributed by atoms with E-state index in [4.69, 9.17) is 4.74 Å². The summed E-state index contributed by atoms with van der Waals surface area (Å²) in [5.41, 5.74) is 0.345. The minimum atomic E-state index is -0.415. The van der Waals surface area contributed by atoms with Crippen LogP contribution in [-0.2, 0) is 16.1 Å². The number of carbonyl (C=O) groups excluding carboxylic acids is 1. The summed E-state index contributed by atoms with van der Waals surface area (Å²) in [5, 5.41) is 4.31. The predicted octanol–water partition coefficient (Wildman–Crippen LogP) is 2.13. The van der Waals surface area contributed by atoms with Crippen molar-refractivity contribution in [2.75, 3.05) is 7.11 Å². The van der Waals surface area contributed by atoms with Gasteiger partial charge in [-0.15, -0.1) is 0 Å². The van der Waals surface area contributed by atoms with Crippen LogP contribution in [0, 0.1) is 5.82 Å². The highest BCUT2D eigenvalue weighted by atomic mass is 19.1. The standard InChI is InChI=1S/C14H14FN3O2/c1-20-14(19)10-6-4-8-18-13(10)16-12(17-18)9-5-2-3-7-11(9)15/h2-3,5,7,10H,4,6,8H2,1H3. The number of benzene rings is 1. The average molecular weight is 275 g/mol. The average Bonchev–Trinajstić information content (AvgIpc) is 2.90. The lowest BCUT2D eigenvalue weighted by molar-refractivity contribution is -0.143. The monoisotopic (exact) mass is 275 g/mol. The van der Waals surface area contributed by atoms with Crippen LogP contribution in [0.15, 0.2) is 24.3 Å². The second-order valence-electron chi connectivity index (χ2n) is 4.71. The van der Waals surface area contributed by atoms with Gasteiger partial charge in [0.2, 0.25) is 0 Å². The molecule has 0 fully saturated rings. The van der Waals surface area contributed by atoms with Crippen LogP contribution in [0.1, 0.15) is 24.6 Å². The van der Waals surface area contributed by atoms with Crippen LogP contribution in [0.25, 0.3) is 11.4 Å². The van der Waals surface area contributed by atoms with Crippen LogP contribution in [0.5, 0.6) is 0 Å². The second kappa shape index (κ2) is 5.03. The topological polar surface area (TPSA) is 57.0 Å². The number of halogens is 1. The van der Waals surface area contributed by atoms with Crippen molar-refractivity contribution < 1.29 is 13.9 Å². The Morgan fingerprint density at radius 2 is 2.25 bits per heavy atom. The zero-order valence-electron chi connectivity index (χ0n) is 11.0. The van der Waals surface area contributed by atoms with E-state index in [0.29, 0.717) is 30.2 Å². The Morgan fingerprint density at radius 1 is 1.45 bits per heavy atom. The van der Waals surface area contributed by atoms with Gasteiger partial charge in [-0.3, -0.25) is 4.79 Å². The van der Waals surface area contributed by atoms with E-state index in [1.807, 2.05) is 0 Å². The molecule has 0 saturated carbocycles. The molecule has 1 atom stereocenters. The molecule has 0 spiro atoms. The Labute approximate surface area is 115 Å². The lowest BCUT2D eigenvalue weighted by Crippen LogP contribution is -2.24. The summed E-state index contributed by atoms with van der Waals surface area (Å²) in [6.07, 6.45) is 1.51. The van der Waals surface area contributed by atoms with Gasteiger partial charge < -0.3 is 4.74 Å². The number of hydrogen-bond acceptors (Lipinski definition) is 4. The zero-order valence-corrected chi connectivity index (χ0v) is 11.0. The summed E-state index contributed by atoms with van der Waals surface area (Å²) in [6.45, 7) is 0.685. The van der Waals surface area contributed by atoms with Gasteiger partial charge in [0.15, 0.2) is 5.82 Å². The van der Waals surface area contributed by atoms with Crippen LogP contribution in [0.3, 0.4) is 0 Å². The highest BCUT2D eigenvalue weighted by Crippen LogP contribution is 2.29. The summed E-state index contributed by atoms with van der Waals surface area (Å²) in [5.74, 6) is -0.236. The molecule has 2 aromatic rings. The number of esters is 1. The summed E-state index contributed by atoms with van der Waals surface area (Å²) in [4.78, 5) is 16.1. The Hall–Kier alpha value is -2.24. The van der Waals surface area contributed by atoms with Crippen molar-refractivity contribution in [3.8, 4) is 11.4 Å². The van der Waals surface area contributed by atoms with Gasteiger partial charge in [0.1, 0.15) is 17.6 Å². The molecule has 1 unspecified atom stereocenters. The van der Waals surface area contributed by atoms with E-state index in [9.17, 15) is 9.18 Å². The number of carbonyl (C=O) groups is 1. The number of methoxy groups -OCH3 is 1. The first kappa shape index (κ1) is 12.8. The van der Waals surface area contributed by atoms with Gasteiger partial charge in [-0.2, -0.15) is 5.10 Å². The number of nitrogens with zero attached hydrogens (tertiary/aromatic N) is 3. The fourth-order valence-corrected chi connectivity index (χ4v) is 2.47. The van der Waals surface area contributed by atoms with Gasteiger partial charge >= 0.3 is 5.97 Å². The number of aryl methyl sites for hydroxylation is 1. The molecular formula is C14H14FN3O2. The van der Waals surface area contributed by atoms with Gasteiger partial charge in [0, 0.05) is 6.54 Å². The van der Waals surface area contributed by atoms with Crippen LogP contribution in [0.4, 0.5) is 4.39 Å². The number of aromatic nitrogens is 3. The molecular weight excluding hydrogens is 261 g/mol. The fraction of sp³-hybridized carbons (Fsp3) is 0.357. The maximum Gasteiger partial charge on any atom is 0.316 e. The lowest BCUT2D eigenvalue weighted by Gasteiger charge is -2.19. The van der Waals surface area contributed by atoms with Gasteiger partial charge in [-0.05, 0) is 25.0 Å². The molecule has 3 rings (SSSR count). The summed E-state index contributed by atoms with van der Waals surface area (Å²) in [7, 11) is 1.36. The van der Waals surface area contributed by atoms with Gasteiger partial charge in [-0.25, -0.2) is 14.1 Å². The van der Waals surface area contributed by atoms with Crippen molar-refractivity contribution in [1.29, 1.82) is 0 Å². The van der Waals surface area contributed by atoms with E-state index in [-0.39, 0.29) is 11.8 Å². The van der Waals surface area contributed by atoms with E-state index in [1.54, 1.807) is 22.9 Å². The Morgan fingerprint density at radius 3 is 3.00 bits per heavy atom. The molecule has 0 N–H and O–H groups in total. The molecule has 0 radical (unpaired) electrons. The molecule has 104 valence electrons. The van der Waals surface area contributed by atoms with Crippen LogP contribution >= 0.6 is 0 Å². The first-order valence-corrected chi connectivity index (χ1v) is 6.48. The van der Waals surface area contributed by atoms with Crippen molar-refractivity contribution in [3.63, 3.8) is 0 Å². The zero-order chi connectivity index (χ0) is 14.1. The molecule has 1 aliphatic heterocycles. The van der Waals surface area contributed by atoms with Gasteiger partial charge in [-0.1, -0.05) is 12.1 Å². The third-order valence-electron chi connectivity index (χ3n) is 3.48. The highest BCUT2D eigenvalue weighted by molar-refractivity contribution is 5.77. The predicted molar refractivity (Wildman–Crippen MR) is 69.4 cm³/mol. The van der Waals surface area contributed by atoms with Crippen molar-refractivity contribution in [3.05, 3.63) is 35.9 Å². The molecule has 1 aromatic heterocycles. The number of fused-ring (bicyclic) bond motifs is 1. The van der Waals surface area contributed by atoms with E-state index in [0.717, 1.165) is 6.42 Å². The van der Waals surface area contributed by atoms with E-state index in [2.05, 4.69) is 10.1 Å². The van der Waals surface area contributed by atoms with Crippen molar-refractivity contribution in [1.82, 2.24) is 14.8 Å². The largest absolute Gasteiger partial charge is 0.468 e. The summed E-state index contributed by atoms with van der Waals surface area (Å²) in [6, 6.07) is 6.35.